The van der Waals surface area contributed by atoms with Crippen LogP contribution in [0.25, 0.3) is 0 Å². The van der Waals surface area contributed by atoms with Crippen LogP contribution in [-0.2, 0) is 4.74 Å². The molecule has 3 rings (SSSR count). The molecule has 0 bridgehead atoms. The van der Waals surface area contributed by atoms with Crippen molar-refractivity contribution in [3.8, 4) is 0 Å². The van der Waals surface area contributed by atoms with Crippen molar-refractivity contribution in [1.82, 2.24) is 20.4 Å². The molecule has 0 amide bonds. The van der Waals surface area contributed by atoms with Crippen molar-refractivity contribution in [3.63, 3.8) is 0 Å². The number of likely N-dealkylation sites (tertiary alicyclic amines) is 2. The van der Waals surface area contributed by atoms with Gasteiger partial charge in [-0.1, -0.05) is 19.8 Å². The first-order valence-corrected chi connectivity index (χ1v) is 11.1. The number of thiocarbonyl (C=S) groups is 1. The Morgan fingerprint density at radius 3 is 2.46 bits per heavy atom. The van der Waals surface area contributed by atoms with Crippen LogP contribution < -0.4 is 10.6 Å². The molecule has 26 heavy (non-hydrogen) atoms. The second-order valence-electron chi connectivity index (χ2n) is 8.34. The summed E-state index contributed by atoms with van der Waals surface area (Å²) in [6, 6.07) is 0.647. The molecule has 0 aromatic rings. The van der Waals surface area contributed by atoms with Gasteiger partial charge in [-0.05, 0) is 63.8 Å². The van der Waals surface area contributed by atoms with E-state index in [0.717, 1.165) is 50.7 Å². The zero-order valence-electron chi connectivity index (χ0n) is 16.8. The molecule has 2 aliphatic heterocycles. The van der Waals surface area contributed by atoms with E-state index in [4.69, 9.17) is 17.0 Å². The van der Waals surface area contributed by atoms with Crippen LogP contribution in [0, 0.1) is 0 Å². The molecule has 2 N–H and O–H groups in total. The molecule has 6 heteroatoms. The van der Waals surface area contributed by atoms with Gasteiger partial charge in [-0.2, -0.15) is 0 Å². The van der Waals surface area contributed by atoms with Crippen LogP contribution in [0.5, 0.6) is 0 Å². The largest absolute Gasteiger partial charge is 0.381 e. The van der Waals surface area contributed by atoms with Crippen molar-refractivity contribution in [2.45, 2.75) is 76.0 Å². The van der Waals surface area contributed by atoms with Gasteiger partial charge in [0.2, 0.25) is 0 Å². The fourth-order valence-corrected chi connectivity index (χ4v) is 5.42. The van der Waals surface area contributed by atoms with Crippen LogP contribution in [0.3, 0.4) is 0 Å². The lowest BCUT2D eigenvalue weighted by molar-refractivity contribution is -0.00158. The molecule has 0 radical (unpaired) electrons. The van der Waals surface area contributed by atoms with Crippen LogP contribution in [0.2, 0.25) is 0 Å². The number of hydrogen-bond donors (Lipinski definition) is 2. The highest BCUT2D eigenvalue weighted by Gasteiger charge is 2.41. The number of rotatable bonds is 7. The molecule has 1 aliphatic carbocycles. The Labute approximate surface area is 165 Å². The van der Waals surface area contributed by atoms with Crippen LogP contribution in [0.15, 0.2) is 0 Å². The minimum absolute atomic E-state index is 0.299. The van der Waals surface area contributed by atoms with E-state index in [-0.39, 0.29) is 0 Å². The van der Waals surface area contributed by atoms with Gasteiger partial charge in [0, 0.05) is 44.9 Å². The maximum atomic E-state index is 5.61. The van der Waals surface area contributed by atoms with Gasteiger partial charge in [-0.25, -0.2) is 0 Å². The van der Waals surface area contributed by atoms with E-state index in [2.05, 4.69) is 27.4 Å². The van der Waals surface area contributed by atoms with Crippen molar-refractivity contribution in [1.29, 1.82) is 0 Å². The van der Waals surface area contributed by atoms with Crippen molar-refractivity contribution in [3.05, 3.63) is 0 Å². The summed E-state index contributed by atoms with van der Waals surface area (Å²) in [5.41, 5.74) is 0.299. The highest BCUT2D eigenvalue weighted by atomic mass is 32.1. The van der Waals surface area contributed by atoms with Gasteiger partial charge in [-0.15, -0.1) is 0 Å². The summed E-state index contributed by atoms with van der Waals surface area (Å²) in [5.74, 6) is 0. The fourth-order valence-electron chi connectivity index (χ4n) is 5.26. The second-order valence-corrected chi connectivity index (χ2v) is 8.75. The van der Waals surface area contributed by atoms with Gasteiger partial charge < -0.3 is 15.4 Å². The first-order valence-electron chi connectivity index (χ1n) is 10.7. The Morgan fingerprint density at radius 1 is 1.08 bits per heavy atom. The normalized spacial score (nSPS) is 27.7. The SMILES string of the molecule is CCN1CCCC1CNC(=S)NCC1(N2CCC(OC)CC2)CCCC1. The van der Waals surface area contributed by atoms with E-state index in [1.807, 2.05) is 7.11 Å². The summed E-state index contributed by atoms with van der Waals surface area (Å²) in [4.78, 5) is 5.29. The van der Waals surface area contributed by atoms with Gasteiger partial charge in [0.1, 0.15) is 0 Å². The third-order valence-corrected chi connectivity index (χ3v) is 7.25. The monoisotopic (exact) mass is 382 g/mol. The molecule has 2 heterocycles. The Bertz CT molecular complexity index is 447. The van der Waals surface area contributed by atoms with Gasteiger partial charge in [0.05, 0.1) is 6.10 Å². The number of nitrogens with zero attached hydrogens (tertiary/aromatic N) is 2. The molecule has 1 unspecified atom stereocenters. The Hall–Kier alpha value is -0.430. The van der Waals surface area contributed by atoms with E-state index in [0.29, 0.717) is 17.7 Å². The minimum atomic E-state index is 0.299. The predicted octanol–water partition coefficient (Wildman–Crippen LogP) is 2.36. The van der Waals surface area contributed by atoms with Crippen molar-refractivity contribution >= 4 is 17.3 Å². The van der Waals surface area contributed by atoms with Gasteiger partial charge in [0.15, 0.2) is 5.11 Å². The van der Waals surface area contributed by atoms with Gasteiger partial charge in [0.25, 0.3) is 0 Å². The molecule has 0 spiro atoms. The molecule has 2 saturated heterocycles. The Kier molecular flexibility index (Phi) is 7.55. The summed E-state index contributed by atoms with van der Waals surface area (Å²) in [7, 11) is 1.85. The molecule has 1 saturated carbocycles. The molecule has 5 nitrogen and oxygen atoms in total. The summed E-state index contributed by atoms with van der Waals surface area (Å²) < 4.78 is 5.55. The molecule has 150 valence electrons. The standard InChI is InChI=1S/C20H38N4OS/c1-3-23-12-6-7-17(23)15-21-19(26)22-16-20(10-4-5-11-20)24-13-8-18(25-2)9-14-24/h17-18H,3-16H2,1-2H3,(H2,21,22,26). The molecule has 0 aromatic heterocycles. The third kappa shape index (κ3) is 4.89. The zero-order valence-corrected chi connectivity index (χ0v) is 17.6. The topological polar surface area (TPSA) is 39.8 Å². The number of hydrogen-bond acceptors (Lipinski definition) is 4. The smallest absolute Gasteiger partial charge is 0.166 e. The minimum Gasteiger partial charge on any atom is -0.381 e. The van der Waals surface area contributed by atoms with Crippen LogP contribution in [0.1, 0.15) is 58.3 Å². The maximum absolute atomic E-state index is 5.61. The number of methoxy groups -OCH3 is 1. The van der Waals surface area contributed by atoms with Crippen molar-refractivity contribution in [2.75, 3.05) is 46.4 Å². The summed E-state index contributed by atoms with van der Waals surface area (Å²) in [6.07, 6.45) is 10.7. The Morgan fingerprint density at radius 2 is 1.81 bits per heavy atom. The average molecular weight is 383 g/mol. The quantitative estimate of drug-likeness (QED) is 0.659. The average Bonchev–Trinajstić information content (AvgIpc) is 3.34. The molecule has 0 aromatic carbocycles. The first-order chi connectivity index (χ1) is 12.7. The van der Waals surface area contributed by atoms with Crippen molar-refractivity contribution in [2.24, 2.45) is 0 Å². The van der Waals surface area contributed by atoms with Crippen molar-refractivity contribution < 1.29 is 4.74 Å². The van der Waals surface area contributed by atoms with E-state index in [1.54, 1.807) is 0 Å². The number of ether oxygens (including phenoxy) is 1. The summed E-state index contributed by atoms with van der Waals surface area (Å²) in [5, 5.41) is 7.90. The van der Waals surface area contributed by atoms with E-state index in [1.165, 1.54) is 45.1 Å². The summed E-state index contributed by atoms with van der Waals surface area (Å²) in [6.45, 7) is 8.93. The van der Waals surface area contributed by atoms with Crippen LogP contribution in [-0.4, -0.2) is 79.0 Å². The summed E-state index contributed by atoms with van der Waals surface area (Å²) >= 11 is 5.61. The highest BCUT2D eigenvalue weighted by molar-refractivity contribution is 7.80. The maximum Gasteiger partial charge on any atom is 0.166 e. The number of likely N-dealkylation sites (N-methyl/N-ethyl adjacent to an activating group) is 1. The number of nitrogens with one attached hydrogen (secondary N) is 2. The molecule has 3 fully saturated rings. The predicted molar refractivity (Wildman–Crippen MR) is 112 cm³/mol. The van der Waals surface area contributed by atoms with Gasteiger partial charge in [-0.3, -0.25) is 9.80 Å². The number of piperidine rings is 1. The van der Waals surface area contributed by atoms with Crippen LogP contribution in [0.4, 0.5) is 0 Å². The molecular formula is C20H38N4OS. The van der Waals surface area contributed by atoms with Gasteiger partial charge >= 0.3 is 0 Å². The lowest BCUT2D eigenvalue weighted by Crippen LogP contribution is -2.58. The Balaban J connectivity index is 1.45. The first kappa shape index (κ1) is 20.3. The molecular weight excluding hydrogens is 344 g/mol. The van der Waals surface area contributed by atoms with E-state index in [9.17, 15) is 0 Å². The fraction of sp³-hybridized carbons (Fsp3) is 0.950. The zero-order chi connectivity index (χ0) is 18.4. The highest BCUT2D eigenvalue weighted by Crippen LogP contribution is 2.36. The lowest BCUT2D eigenvalue weighted by Gasteiger charge is -2.45. The van der Waals surface area contributed by atoms with Crippen LogP contribution >= 0.6 is 12.2 Å². The third-order valence-electron chi connectivity index (χ3n) is 6.96. The van der Waals surface area contributed by atoms with E-state index >= 15 is 0 Å². The molecule has 3 aliphatic rings. The van der Waals surface area contributed by atoms with E-state index < -0.39 is 0 Å². The second kappa shape index (κ2) is 9.67. The lowest BCUT2D eigenvalue weighted by atomic mass is 9.91. The molecule has 1 atom stereocenters.